The maximum atomic E-state index is 12.3. The van der Waals surface area contributed by atoms with Gasteiger partial charge in [0.15, 0.2) is 6.10 Å². The SMILES string of the molecule is Cc1cccc(NC(=O)[C@@H](C)OC(=O)c2nc3nc(C)cc(C)n3n2)c1. The number of hydrogen-bond acceptors (Lipinski definition) is 6. The molecular formula is C18H19N5O3. The summed E-state index contributed by atoms with van der Waals surface area (Å²) in [6.45, 7) is 7.08. The number of benzene rings is 1. The lowest BCUT2D eigenvalue weighted by atomic mass is 10.2. The number of nitrogens with one attached hydrogen (secondary N) is 1. The fraction of sp³-hybridized carbons (Fsp3) is 0.278. The number of rotatable bonds is 4. The molecule has 8 nitrogen and oxygen atoms in total. The number of esters is 1. The van der Waals surface area contributed by atoms with Crippen LogP contribution in [0.5, 0.6) is 0 Å². The van der Waals surface area contributed by atoms with Crippen molar-refractivity contribution >= 4 is 23.3 Å². The molecule has 2 aromatic heterocycles. The van der Waals surface area contributed by atoms with Crippen molar-refractivity contribution in [1.82, 2.24) is 19.6 Å². The van der Waals surface area contributed by atoms with Gasteiger partial charge in [-0.05, 0) is 51.5 Å². The third kappa shape index (κ3) is 3.69. The van der Waals surface area contributed by atoms with Crippen LogP contribution < -0.4 is 5.32 Å². The van der Waals surface area contributed by atoms with E-state index in [1.54, 1.807) is 6.07 Å². The zero-order valence-electron chi connectivity index (χ0n) is 15.0. The van der Waals surface area contributed by atoms with E-state index in [1.165, 1.54) is 11.4 Å². The Morgan fingerprint density at radius 3 is 2.65 bits per heavy atom. The molecule has 0 saturated heterocycles. The quantitative estimate of drug-likeness (QED) is 0.722. The maximum Gasteiger partial charge on any atom is 0.379 e. The molecule has 134 valence electrons. The summed E-state index contributed by atoms with van der Waals surface area (Å²) < 4.78 is 6.64. The molecule has 1 atom stereocenters. The fourth-order valence-corrected chi connectivity index (χ4v) is 2.49. The normalized spacial score (nSPS) is 12.0. The predicted molar refractivity (Wildman–Crippen MR) is 94.9 cm³/mol. The van der Waals surface area contributed by atoms with Crippen molar-refractivity contribution in [2.75, 3.05) is 5.32 Å². The Labute approximate surface area is 150 Å². The molecule has 2 heterocycles. The molecule has 0 spiro atoms. The van der Waals surface area contributed by atoms with Crippen LogP contribution in [0.25, 0.3) is 5.78 Å². The molecule has 8 heteroatoms. The molecule has 1 amide bonds. The summed E-state index contributed by atoms with van der Waals surface area (Å²) in [5.74, 6) is -1.04. The van der Waals surface area contributed by atoms with Crippen molar-refractivity contribution in [2.24, 2.45) is 0 Å². The van der Waals surface area contributed by atoms with E-state index in [4.69, 9.17) is 4.74 Å². The number of carbonyl (C=O) groups excluding carboxylic acids is 2. The highest BCUT2D eigenvalue weighted by atomic mass is 16.5. The van der Waals surface area contributed by atoms with Gasteiger partial charge in [-0.2, -0.15) is 4.98 Å². The van der Waals surface area contributed by atoms with Gasteiger partial charge in [0.2, 0.25) is 0 Å². The predicted octanol–water partition coefficient (Wildman–Crippen LogP) is 2.23. The topological polar surface area (TPSA) is 98.5 Å². The summed E-state index contributed by atoms with van der Waals surface area (Å²) in [6.07, 6.45) is -0.995. The van der Waals surface area contributed by atoms with Gasteiger partial charge in [0.25, 0.3) is 17.5 Å². The lowest BCUT2D eigenvalue weighted by Gasteiger charge is -2.12. The largest absolute Gasteiger partial charge is 0.447 e. The molecule has 26 heavy (non-hydrogen) atoms. The van der Waals surface area contributed by atoms with E-state index in [9.17, 15) is 9.59 Å². The van der Waals surface area contributed by atoms with Crippen LogP contribution in [0, 0.1) is 20.8 Å². The average molecular weight is 353 g/mol. The van der Waals surface area contributed by atoms with Crippen LogP contribution in [0.2, 0.25) is 0 Å². The Bertz CT molecular complexity index is 996. The molecule has 0 saturated carbocycles. The Kier molecular flexibility index (Phi) is 4.66. The second kappa shape index (κ2) is 6.91. The van der Waals surface area contributed by atoms with Crippen molar-refractivity contribution < 1.29 is 14.3 Å². The molecule has 0 fully saturated rings. The Hall–Kier alpha value is -3.29. The van der Waals surface area contributed by atoms with Gasteiger partial charge < -0.3 is 10.1 Å². The van der Waals surface area contributed by atoms with Crippen molar-refractivity contribution in [1.29, 1.82) is 0 Å². The molecular weight excluding hydrogens is 334 g/mol. The Morgan fingerprint density at radius 2 is 1.92 bits per heavy atom. The van der Waals surface area contributed by atoms with Crippen LogP contribution in [0.4, 0.5) is 5.69 Å². The molecule has 0 unspecified atom stereocenters. The van der Waals surface area contributed by atoms with E-state index in [0.29, 0.717) is 11.5 Å². The van der Waals surface area contributed by atoms with Crippen LogP contribution in [0.15, 0.2) is 30.3 Å². The Balaban J connectivity index is 1.70. The molecule has 3 aromatic rings. The van der Waals surface area contributed by atoms with Crippen LogP contribution in [-0.4, -0.2) is 37.6 Å². The molecule has 3 rings (SSSR count). The van der Waals surface area contributed by atoms with E-state index in [0.717, 1.165) is 17.0 Å². The van der Waals surface area contributed by atoms with Crippen LogP contribution in [0.3, 0.4) is 0 Å². The van der Waals surface area contributed by atoms with Crippen LogP contribution in [0.1, 0.15) is 34.5 Å². The standard InChI is InChI=1S/C18H19N5O3/c1-10-6-5-7-14(8-10)20-16(24)13(4)26-17(25)15-21-18-19-11(2)9-12(3)23(18)22-15/h5-9,13H,1-4H3,(H,20,24)/t13-/m1/s1. The molecule has 0 radical (unpaired) electrons. The minimum Gasteiger partial charge on any atom is -0.447 e. The number of hydrogen-bond donors (Lipinski definition) is 1. The Morgan fingerprint density at radius 1 is 1.15 bits per heavy atom. The number of anilines is 1. The monoisotopic (exact) mass is 353 g/mol. The summed E-state index contributed by atoms with van der Waals surface area (Å²) in [7, 11) is 0. The van der Waals surface area contributed by atoms with Crippen LogP contribution in [-0.2, 0) is 9.53 Å². The highest BCUT2D eigenvalue weighted by Crippen LogP contribution is 2.11. The third-order valence-electron chi connectivity index (χ3n) is 3.74. The van der Waals surface area contributed by atoms with Crippen LogP contribution >= 0.6 is 0 Å². The van der Waals surface area contributed by atoms with Crippen molar-refractivity contribution in [3.8, 4) is 0 Å². The van der Waals surface area contributed by atoms with Gasteiger partial charge in [-0.25, -0.2) is 14.3 Å². The minimum absolute atomic E-state index is 0.138. The highest BCUT2D eigenvalue weighted by Gasteiger charge is 2.23. The van der Waals surface area contributed by atoms with E-state index >= 15 is 0 Å². The van der Waals surface area contributed by atoms with E-state index in [2.05, 4.69) is 20.4 Å². The van der Waals surface area contributed by atoms with Gasteiger partial charge in [0, 0.05) is 17.1 Å². The first-order valence-electron chi connectivity index (χ1n) is 8.13. The third-order valence-corrected chi connectivity index (χ3v) is 3.74. The van der Waals surface area contributed by atoms with Crippen molar-refractivity contribution in [3.05, 3.63) is 53.1 Å². The average Bonchev–Trinajstić information content (AvgIpc) is 2.99. The zero-order chi connectivity index (χ0) is 18.8. The lowest BCUT2D eigenvalue weighted by molar-refractivity contribution is -0.123. The zero-order valence-corrected chi connectivity index (χ0v) is 15.0. The molecule has 1 N–H and O–H groups in total. The summed E-state index contributed by atoms with van der Waals surface area (Å²) in [6, 6.07) is 9.17. The molecule has 0 aliphatic rings. The number of fused-ring (bicyclic) bond motifs is 1. The van der Waals surface area contributed by atoms with Gasteiger partial charge in [0.05, 0.1) is 0 Å². The molecule has 1 aromatic carbocycles. The summed E-state index contributed by atoms with van der Waals surface area (Å²) in [5.41, 5.74) is 3.22. The first-order chi connectivity index (χ1) is 12.3. The first kappa shape index (κ1) is 17.5. The van der Waals surface area contributed by atoms with Gasteiger partial charge in [-0.1, -0.05) is 12.1 Å². The van der Waals surface area contributed by atoms with E-state index < -0.39 is 18.0 Å². The van der Waals surface area contributed by atoms with E-state index in [1.807, 2.05) is 45.0 Å². The number of aryl methyl sites for hydroxylation is 3. The second-order valence-electron chi connectivity index (χ2n) is 6.09. The smallest absolute Gasteiger partial charge is 0.379 e. The fourth-order valence-electron chi connectivity index (χ4n) is 2.49. The number of amides is 1. The highest BCUT2D eigenvalue weighted by molar-refractivity contribution is 5.96. The number of ether oxygens (including phenoxy) is 1. The van der Waals surface area contributed by atoms with Gasteiger partial charge in [-0.15, -0.1) is 5.10 Å². The van der Waals surface area contributed by atoms with Crippen molar-refractivity contribution in [3.63, 3.8) is 0 Å². The van der Waals surface area contributed by atoms with Gasteiger partial charge in [-0.3, -0.25) is 4.79 Å². The minimum atomic E-state index is -0.995. The summed E-state index contributed by atoms with van der Waals surface area (Å²) >= 11 is 0. The van der Waals surface area contributed by atoms with Gasteiger partial charge in [0.1, 0.15) is 0 Å². The lowest BCUT2D eigenvalue weighted by Crippen LogP contribution is -2.30. The number of aromatic nitrogens is 4. The summed E-state index contributed by atoms with van der Waals surface area (Å²) in [4.78, 5) is 32.8. The molecule has 0 aliphatic carbocycles. The number of carbonyl (C=O) groups is 2. The maximum absolute atomic E-state index is 12.3. The van der Waals surface area contributed by atoms with E-state index in [-0.39, 0.29) is 5.82 Å². The second-order valence-corrected chi connectivity index (χ2v) is 6.09. The number of nitrogens with zero attached hydrogens (tertiary/aromatic N) is 4. The van der Waals surface area contributed by atoms with Crippen molar-refractivity contribution in [2.45, 2.75) is 33.8 Å². The first-order valence-corrected chi connectivity index (χ1v) is 8.13. The van der Waals surface area contributed by atoms with Gasteiger partial charge >= 0.3 is 5.97 Å². The molecule has 0 bridgehead atoms. The molecule has 0 aliphatic heterocycles. The summed E-state index contributed by atoms with van der Waals surface area (Å²) in [5, 5.41) is 6.81.